The van der Waals surface area contributed by atoms with Gasteiger partial charge in [-0.2, -0.15) is 0 Å². The molecule has 0 spiro atoms. The average Bonchev–Trinajstić information content (AvgIpc) is 3.10. The molecule has 0 bridgehead atoms. The van der Waals surface area contributed by atoms with E-state index in [2.05, 4.69) is 25.6 Å². The molecule has 1 fully saturated rings. The van der Waals surface area contributed by atoms with Crippen molar-refractivity contribution in [2.45, 2.75) is 18.9 Å². The average molecular weight is 367 g/mol. The lowest BCUT2D eigenvalue weighted by Crippen LogP contribution is -2.36. The van der Waals surface area contributed by atoms with Crippen LogP contribution in [0.4, 0.5) is 5.82 Å². The van der Waals surface area contributed by atoms with Crippen LogP contribution in [0.25, 0.3) is 22.2 Å². The molecule has 1 aliphatic rings. The lowest BCUT2D eigenvalue weighted by molar-refractivity contribution is 0.150. The van der Waals surface area contributed by atoms with E-state index in [0.717, 1.165) is 60.4 Å². The molecule has 2 aromatic heterocycles. The number of likely N-dealkylation sites (tertiary alicyclic amines) is 1. The molecule has 7 heteroatoms. The third kappa shape index (κ3) is 3.36. The van der Waals surface area contributed by atoms with E-state index in [1.54, 1.807) is 7.11 Å². The fraction of sp³-hybridized carbons (Fsp3) is 0.400. The number of anilines is 1. The Hall–Kier alpha value is -2.64. The summed E-state index contributed by atoms with van der Waals surface area (Å²) in [5.74, 6) is 1.32. The predicted octanol–water partition coefficient (Wildman–Crippen LogP) is 2.32. The number of piperidine rings is 1. The van der Waals surface area contributed by atoms with Crippen LogP contribution in [-0.2, 0) is 0 Å². The van der Waals surface area contributed by atoms with Gasteiger partial charge in [-0.15, -0.1) is 0 Å². The molecule has 1 aliphatic heterocycles. The molecule has 27 heavy (non-hydrogen) atoms. The number of fused-ring (bicyclic) bond motifs is 1. The van der Waals surface area contributed by atoms with Crippen molar-refractivity contribution in [1.82, 2.24) is 19.4 Å². The Morgan fingerprint density at radius 2 is 1.93 bits per heavy atom. The van der Waals surface area contributed by atoms with Gasteiger partial charge in [0, 0.05) is 37.4 Å². The van der Waals surface area contributed by atoms with Gasteiger partial charge in [-0.3, -0.25) is 0 Å². The van der Waals surface area contributed by atoms with E-state index in [0.29, 0.717) is 11.9 Å². The number of benzene rings is 1. The molecule has 1 saturated heterocycles. The zero-order chi connectivity index (χ0) is 18.8. The van der Waals surface area contributed by atoms with Gasteiger partial charge in [-0.25, -0.2) is 9.97 Å². The molecule has 0 radical (unpaired) electrons. The molecule has 3 N–H and O–H groups in total. The first-order chi connectivity index (χ1) is 13.2. The first-order valence-electron chi connectivity index (χ1n) is 9.30. The Bertz CT molecular complexity index is 914. The number of nitrogens with zero attached hydrogens (tertiary/aromatic N) is 4. The van der Waals surface area contributed by atoms with Crippen LogP contribution in [0, 0.1) is 0 Å². The van der Waals surface area contributed by atoms with Crippen LogP contribution in [-0.4, -0.2) is 57.9 Å². The van der Waals surface area contributed by atoms with Crippen LogP contribution in [0.5, 0.6) is 5.75 Å². The fourth-order valence-corrected chi connectivity index (χ4v) is 3.94. The Morgan fingerprint density at radius 3 is 2.59 bits per heavy atom. The highest BCUT2D eigenvalue weighted by Crippen LogP contribution is 2.36. The van der Waals surface area contributed by atoms with Crippen molar-refractivity contribution >= 4 is 16.9 Å². The van der Waals surface area contributed by atoms with E-state index >= 15 is 0 Å². The van der Waals surface area contributed by atoms with Gasteiger partial charge in [0.25, 0.3) is 0 Å². The lowest BCUT2D eigenvalue weighted by Gasteiger charge is -2.32. The van der Waals surface area contributed by atoms with Crippen LogP contribution < -0.4 is 10.5 Å². The normalized spacial score (nSPS) is 16.1. The Kier molecular flexibility index (Phi) is 4.96. The van der Waals surface area contributed by atoms with Gasteiger partial charge in [-0.1, -0.05) is 12.1 Å². The summed E-state index contributed by atoms with van der Waals surface area (Å²) >= 11 is 0. The maximum atomic E-state index is 9.15. The summed E-state index contributed by atoms with van der Waals surface area (Å²) in [4.78, 5) is 11.1. The number of β-amino-alcohol motifs (C(OH)–C–C–N with tert-alkyl or cyclic N) is 1. The quantitative estimate of drug-likeness (QED) is 0.719. The van der Waals surface area contributed by atoms with Crippen molar-refractivity contribution in [2.75, 3.05) is 39.1 Å². The van der Waals surface area contributed by atoms with Crippen molar-refractivity contribution in [1.29, 1.82) is 0 Å². The highest BCUT2D eigenvalue weighted by atomic mass is 16.5. The van der Waals surface area contributed by atoms with E-state index in [4.69, 9.17) is 15.6 Å². The molecular weight excluding hydrogens is 342 g/mol. The minimum Gasteiger partial charge on any atom is -0.497 e. The molecule has 0 unspecified atom stereocenters. The molecule has 0 aliphatic carbocycles. The van der Waals surface area contributed by atoms with Gasteiger partial charge in [-0.05, 0) is 30.5 Å². The van der Waals surface area contributed by atoms with Gasteiger partial charge < -0.3 is 25.0 Å². The lowest BCUT2D eigenvalue weighted by atomic mass is 10.0. The van der Waals surface area contributed by atoms with Crippen molar-refractivity contribution in [3.8, 4) is 16.9 Å². The second kappa shape index (κ2) is 7.54. The van der Waals surface area contributed by atoms with Gasteiger partial charge >= 0.3 is 0 Å². The summed E-state index contributed by atoms with van der Waals surface area (Å²) in [6.45, 7) is 2.90. The van der Waals surface area contributed by atoms with Gasteiger partial charge in [0.15, 0.2) is 0 Å². The van der Waals surface area contributed by atoms with E-state index in [1.807, 2.05) is 24.3 Å². The number of aromatic nitrogens is 3. The highest BCUT2D eigenvalue weighted by molar-refractivity contribution is 6.00. The number of nitrogen functional groups attached to an aromatic ring is 1. The zero-order valence-electron chi connectivity index (χ0n) is 15.5. The number of rotatable bonds is 5. The minimum absolute atomic E-state index is 0.211. The number of hydrogen-bond acceptors (Lipinski definition) is 6. The second-order valence-corrected chi connectivity index (χ2v) is 6.93. The second-order valence-electron chi connectivity index (χ2n) is 6.93. The van der Waals surface area contributed by atoms with Crippen LogP contribution in [0.2, 0.25) is 0 Å². The summed E-state index contributed by atoms with van der Waals surface area (Å²) in [6.07, 6.45) is 5.74. The molecule has 0 atom stereocenters. The van der Waals surface area contributed by atoms with Crippen molar-refractivity contribution in [3.05, 3.63) is 36.8 Å². The third-order valence-electron chi connectivity index (χ3n) is 5.41. The summed E-state index contributed by atoms with van der Waals surface area (Å²) in [7, 11) is 1.66. The largest absolute Gasteiger partial charge is 0.497 e. The summed E-state index contributed by atoms with van der Waals surface area (Å²) < 4.78 is 7.52. The molecule has 0 saturated carbocycles. The number of aliphatic hydroxyl groups excluding tert-OH is 1. The van der Waals surface area contributed by atoms with E-state index in [-0.39, 0.29) is 6.61 Å². The molecule has 3 aromatic rings. The van der Waals surface area contributed by atoms with Gasteiger partial charge in [0.05, 0.1) is 19.1 Å². The Balaban J connectivity index is 1.73. The van der Waals surface area contributed by atoms with Crippen LogP contribution in [0.1, 0.15) is 18.9 Å². The maximum Gasteiger partial charge on any atom is 0.146 e. The maximum absolute atomic E-state index is 9.15. The SMILES string of the molecule is COc1ccc(-c2cn(C3CCN(CCO)CC3)c3ncnc(N)c23)cc1. The van der Waals surface area contributed by atoms with Crippen molar-refractivity contribution in [3.63, 3.8) is 0 Å². The smallest absolute Gasteiger partial charge is 0.146 e. The molecule has 142 valence electrons. The van der Waals surface area contributed by atoms with Gasteiger partial charge in [0.1, 0.15) is 23.5 Å². The first kappa shape index (κ1) is 17.8. The van der Waals surface area contributed by atoms with Crippen LogP contribution >= 0.6 is 0 Å². The molecule has 3 heterocycles. The van der Waals surface area contributed by atoms with Crippen molar-refractivity contribution < 1.29 is 9.84 Å². The van der Waals surface area contributed by atoms with Crippen LogP contribution in [0.15, 0.2) is 36.8 Å². The number of methoxy groups -OCH3 is 1. The molecular formula is C20H25N5O2. The van der Waals surface area contributed by atoms with Crippen molar-refractivity contribution in [2.24, 2.45) is 0 Å². The first-order valence-corrected chi connectivity index (χ1v) is 9.30. The topological polar surface area (TPSA) is 89.4 Å². The summed E-state index contributed by atoms with van der Waals surface area (Å²) in [5, 5.41) is 10.1. The third-order valence-corrected chi connectivity index (χ3v) is 5.41. The summed E-state index contributed by atoms with van der Waals surface area (Å²) in [6, 6.07) is 8.34. The molecule has 1 aromatic carbocycles. The van der Waals surface area contributed by atoms with Crippen LogP contribution in [0.3, 0.4) is 0 Å². The zero-order valence-corrected chi connectivity index (χ0v) is 15.5. The Labute approximate surface area is 158 Å². The number of hydrogen-bond donors (Lipinski definition) is 2. The fourth-order valence-electron chi connectivity index (χ4n) is 3.94. The van der Waals surface area contributed by atoms with E-state index in [1.165, 1.54) is 6.33 Å². The number of nitrogens with two attached hydrogens (primary N) is 1. The Morgan fingerprint density at radius 1 is 1.19 bits per heavy atom. The van der Waals surface area contributed by atoms with E-state index < -0.39 is 0 Å². The predicted molar refractivity (Wildman–Crippen MR) is 106 cm³/mol. The minimum atomic E-state index is 0.211. The van der Waals surface area contributed by atoms with Gasteiger partial charge in [0.2, 0.25) is 0 Å². The molecule has 0 amide bonds. The number of aliphatic hydroxyl groups is 1. The highest BCUT2D eigenvalue weighted by Gasteiger charge is 2.24. The molecule has 7 nitrogen and oxygen atoms in total. The monoisotopic (exact) mass is 367 g/mol. The standard InChI is InChI=1S/C20H25N5O2/c1-27-16-4-2-14(3-5-16)17-12-25(20-18(17)19(21)22-13-23-20)15-6-8-24(9-7-15)10-11-26/h2-5,12-13,15,26H,6-11H2,1H3,(H2,21,22,23). The summed E-state index contributed by atoms with van der Waals surface area (Å²) in [5.41, 5.74) is 9.23. The van der Waals surface area contributed by atoms with E-state index in [9.17, 15) is 0 Å². The molecule has 4 rings (SSSR count). The number of ether oxygens (including phenoxy) is 1.